The minimum absolute atomic E-state index is 0.114. The second-order valence-electron chi connectivity index (χ2n) is 5.09. The molecule has 1 aromatic heterocycles. The molecular weight excluding hydrogens is 346 g/mol. The van der Waals surface area contributed by atoms with E-state index < -0.39 is 0 Å². The van der Waals surface area contributed by atoms with E-state index >= 15 is 0 Å². The average molecular weight is 362 g/mol. The van der Waals surface area contributed by atoms with Crippen molar-refractivity contribution in [3.8, 4) is 5.75 Å². The summed E-state index contributed by atoms with van der Waals surface area (Å²) in [6.45, 7) is 0. The Hall–Kier alpha value is -2.18. The van der Waals surface area contributed by atoms with E-state index in [1.165, 1.54) is 11.8 Å². The Labute approximate surface area is 148 Å². The fourth-order valence-electron chi connectivity index (χ4n) is 2.28. The Morgan fingerprint density at radius 3 is 2.96 bits per heavy atom. The molecule has 7 heteroatoms. The molecule has 1 heterocycles. The summed E-state index contributed by atoms with van der Waals surface area (Å²) in [5.41, 5.74) is 2.50. The van der Waals surface area contributed by atoms with E-state index in [-0.39, 0.29) is 5.91 Å². The van der Waals surface area contributed by atoms with Crippen LogP contribution in [-0.4, -0.2) is 28.7 Å². The number of methoxy groups -OCH3 is 1. The van der Waals surface area contributed by atoms with Gasteiger partial charge in [0.25, 0.3) is 0 Å². The van der Waals surface area contributed by atoms with Crippen LogP contribution < -0.4 is 10.1 Å². The number of halogens is 1. The number of carbonyl (C=O) groups excluding carboxylic acids is 1. The van der Waals surface area contributed by atoms with E-state index in [0.29, 0.717) is 28.0 Å². The highest BCUT2D eigenvalue weighted by Gasteiger charge is 2.09. The highest BCUT2D eigenvalue weighted by molar-refractivity contribution is 7.99. The van der Waals surface area contributed by atoms with E-state index in [4.69, 9.17) is 16.3 Å². The van der Waals surface area contributed by atoms with Gasteiger partial charge >= 0.3 is 0 Å². The van der Waals surface area contributed by atoms with Crippen LogP contribution in [0.15, 0.2) is 42.5 Å². The number of rotatable bonds is 6. The fraction of sp³-hybridized carbons (Fsp3) is 0.176. The van der Waals surface area contributed by atoms with Crippen LogP contribution in [0, 0.1) is 0 Å². The molecular formula is C17H16ClN3O2S. The van der Waals surface area contributed by atoms with Crippen molar-refractivity contribution < 1.29 is 9.53 Å². The molecule has 0 saturated heterocycles. The molecule has 3 aromatic rings. The topological polar surface area (TPSA) is 67.0 Å². The Bertz CT molecular complexity index is 833. The van der Waals surface area contributed by atoms with Crippen LogP contribution in [0.1, 0.15) is 5.82 Å². The van der Waals surface area contributed by atoms with Gasteiger partial charge in [-0.3, -0.25) is 4.79 Å². The number of H-pyrrole nitrogens is 1. The molecule has 2 N–H and O–H groups in total. The number of imidazole rings is 1. The Balaban J connectivity index is 1.55. The lowest BCUT2D eigenvalue weighted by Gasteiger charge is -2.10. The predicted molar refractivity (Wildman–Crippen MR) is 98.9 cm³/mol. The molecule has 0 radical (unpaired) electrons. The summed E-state index contributed by atoms with van der Waals surface area (Å²) in [5.74, 6) is 2.27. The quantitative estimate of drug-likeness (QED) is 0.693. The zero-order valence-electron chi connectivity index (χ0n) is 13.0. The summed E-state index contributed by atoms with van der Waals surface area (Å²) < 4.78 is 5.21. The Morgan fingerprint density at radius 1 is 1.33 bits per heavy atom. The fourth-order valence-corrected chi connectivity index (χ4v) is 3.14. The summed E-state index contributed by atoms with van der Waals surface area (Å²) in [5, 5.41) is 3.36. The summed E-state index contributed by atoms with van der Waals surface area (Å²) in [6, 6.07) is 13.0. The van der Waals surface area contributed by atoms with Crippen LogP contribution in [-0.2, 0) is 10.5 Å². The van der Waals surface area contributed by atoms with Gasteiger partial charge in [-0.15, -0.1) is 11.8 Å². The van der Waals surface area contributed by atoms with Crippen LogP contribution >= 0.6 is 23.4 Å². The first-order valence-corrected chi connectivity index (χ1v) is 8.84. The maximum atomic E-state index is 12.1. The summed E-state index contributed by atoms with van der Waals surface area (Å²) in [7, 11) is 1.55. The number of carbonyl (C=O) groups is 1. The number of aromatic amines is 1. The van der Waals surface area contributed by atoms with Crippen molar-refractivity contribution in [1.29, 1.82) is 0 Å². The van der Waals surface area contributed by atoms with Crippen molar-refractivity contribution in [1.82, 2.24) is 9.97 Å². The molecule has 0 bridgehead atoms. The monoisotopic (exact) mass is 361 g/mol. The number of amides is 1. The second kappa shape index (κ2) is 7.59. The normalized spacial score (nSPS) is 10.8. The second-order valence-corrected chi connectivity index (χ2v) is 6.51. The van der Waals surface area contributed by atoms with Gasteiger partial charge in [0, 0.05) is 5.02 Å². The van der Waals surface area contributed by atoms with E-state index in [2.05, 4.69) is 15.3 Å². The molecule has 0 unspecified atom stereocenters. The Morgan fingerprint density at radius 2 is 2.17 bits per heavy atom. The van der Waals surface area contributed by atoms with Crippen LogP contribution in [0.4, 0.5) is 5.69 Å². The van der Waals surface area contributed by atoms with Crippen molar-refractivity contribution in [3.05, 3.63) is 53.3 Å². The molecule has 124 valence electrons. The minimum Gasteiger partial charge on any atom is -0.495 e. The van der Waals surface area contributed by atoms with Crippen molar-refractivity contribution in [2.24, 2.45) is 0 Å². The predicted octanol–water partition coefficient (Wildman–Crippen LogP) is 4.10. The molecule has 0 spiro atoms. The van der Waals surface area contributed by atoms with Crippen molar-refractivity contribution in [2.75, 3.05) is 18.2 Å². The molecule has 0 saturated carbocycles. The first-order chi connectivity index (χ1) is 11.7. The third-order valence-electron chi connectivity index (χ3n) is 3.35. The molecule has 0 fully saturated rings. The molecule has 0 atom stereocenters. The van der Waals surface area contributed by atoms with Gasteiger partial charge in [-0.1, -0.05) is 23.7 Å². The molecule has 24 heavy (non-hydrogen) atoms. The minimum atomic E-state index is -0.114. The maximum absolute atomic E-state index is 12.1. The van der Waals surface area contributed by atoms with E-state index in [0.717, 1.165) is 16.9 Å². The number of hydrogen-bond donors (Lipinski definition) is 2. The number of hydrogen-bond acceptors (Lipinski definition) is 4. The molecule has 2 aromatic carbocycles. The third-order valence-corrected chi connectivity index (χ3v) is 4.52. The summed E-state index contributed by atoms with van der Waals surface area (Å²) in [4.78, 5) is 19.8. The lowest BCUT2D eigenvalue weighted by molar-refractivity contribution is -0.113. The first kappa shape index (κ1) is 16.7. The largest absolute Gasteiger partial charge is 0.495 e. The number of aromatic nitrogens is 2. The van der Waals surface area contributed by atoms with Gasteiger partial charge in [0.05, 0.1) is 35.3 Å². The SMILES string of the molecule is COc1ccc(Cl)cc1NC(=O)CSCc1nc2ccccc2[nH]1. The lowest BCUT2D eigenvalue weighted by atomic mass is 10.3. The molecule has 5 nitrogen and oxygen atoms in total. The highest BCUT2D eigenvalue weighted by Crippen LogP contribution is 2.27. The standard InChI is InChI=1S/C17H16ClN3O2S/c1-23-15-7-6-11(18)8-14(15)21-17(22)10-24-9-16-19-12-4-2-3-5-13(12)20-16/h2-8H,9-10H2,1H3,(H,19,20)(H,21,22). The maximum Gasteiger partial charge on any atom is 0.234 e. The molecule has 0 aliphatic heterocycles. The van der Waals surface area contributed by atoms with E-state index in [1.54, 1.807) is 25.3 Å². The van der Waals surface area contributed by atoms with Gasteiger partial charge in [0.2, 0.25) is 5.91 Å². The summed E-state index contributed by atoms with van der Waals surface area (Å²) in [6.07, 6.45) is 0. The van der Waals surface area contributed by atoms with Crippen molar-refractivity contribution >= 4 is 46.0 Å². The van der Waals surface area contributed by atoms with Gasteiger partial charge in [0.1, 0.15) is 11.6 Å². The Kier molecular flexibility index (Phi) is 5.27. The average Bonchev–Trinajstić information content (AvgIpc) is 2.97. The van der Waals surface area contributed by atoms with E-state index in [9.17, 15) is 4.79 Å². The number of fused-ring (bicyclic) bond motifs is 1. The van der Waals surface area contributed by atoms with Crippen LogP contribution in [0.2, 0.25) is 5.02 Å². The molecule has 0 aliphatic carbocycles. The van der Waals surface area contributed by atoms with E-state index in [1.807, 2.05) is 24.3 Å². The lowest BCUT2D eigenvalue weighted by Crippen LogP contribution is -2.15. The molecule has 0 aliphatic rings. The number of nitrogens with zero attached hydrogens (tertiary/aromatic N) is 1. The van der Waals surface area contributed by atoms with Gasteiger partial charge < -0.3 is 15.0 Å². The van der Waals surface area contributed by atoms with Crippen LogP contribution in [0.3, 0.4) is 0 Å². The number of ether oxygens (including phenoxy) is 1. The zero-order valence-corrected chi connectivity index (χ0v) is 14.6. The number of thioether (sulfide) groups is 1. The highest BCUT2D eigenvalue weighted by atomic mass is 35.5. The first-order valence-electron chi connectivity index (χ1n) is 7.30. The zero-order chi connectivity index (χ0) is 16.9. The van der Waals surface area contributed by atoms with Crippen LogP contribution in [0.25, 0.3) is 11.0 Å². The van der Waals surface area contributed by atoms with Gasteiger partial charge in [0.15, 0.2) is 0 Å². The van der Waals surface area contributed by atoms with Crippen molar-refractivity contribution in [3.63, 3.8) is 0 Å². The third kappa shape index (κ3) is 4.01. The smallest absolute Gasteiger partial charge is 0.234 e. The van der Waals surface area contributed by atoms with Crippen LogP contribution in [0.5, 0.6) is 5.75 Å². The summed E-state index contributed by atoms with van der Waals surface area (Å²) >= 11 is 7.44. The number of benzene rings is 2. The van der Waals surface area contributed by atoms with Crippen molar-refractivity contribution in [2.45, 2.75) is 5.75 Å². The van der Waals surface area contributed by atoms with Gasteiger partial charge in [-0.05, 0) is 30.3 Å². The van der Waals surface area contributed by atoms with Gasteiger partial charge in [-0.2, -0.15) is 0 Å². The number of anilines is 1. The number of nitrogens with one attached hydrogen (secondary N) is 2. The molecule has 3 rings (SSSR count). The number of para-hydroxylation sites is 2. The molecule has 1 amide bonds. The van der Waals surface area contributed by atoms with Gasteiger partial charge in [-0.25, -0.2) is 4.98 Å².